The summed E-state index contributed by atoms with van der Waals surface area (Å²) in [5.74, 6) is 0.284. The summed E-state index contributed by atoms with van der Waals surface area (Å²) in [5.41, 5.74) is 0.121. The van der Waals surface area contributed by atoms with Gasteiger partial charge >= 0.3 is 0 Å². The van der Waals surface area contributed by atoms with Gasteiger partial charge in [0.25, 0.3) is 0 Å². The Balaban J connectivity index is 1.99. The maximum atomic E-state index is 12.0. The number of carbonyl (C=O) groups is 1. The zero-order valence-electron chi connectivity index (χ0n) is 13.8. The van der Waals surface area contributed by atoms with Gasteiger partial charge in [0.15, 0.2) is 0 Å². The van der Waals surface area contributed by atoms with Crippen molar-refractivity contribution in [3.8, 4) is 5.75 Å². The monoisotopic (exact) mass is 349 g/mol. The molecule has 24 heavy (non-hydrogen) atoms. The number of ether oxygens (including phenoxy) is 1. The number of aliphatic hydroxyl groups is 1. The van der Waals surface area contributed by atoms with Gasteiger partial charge in [-0.3, -0.25) is 9.48 Å². The molecule has 0 radical (unpaired) electrons. The summed E-state index contributed by atoms with van der Waals surface area (Å²) in [7, 11) is 3.31. The number of nitrogens with zero attached hydrogens (tertiary/aromatic N) is 2. The molecule has 2 rings (SSSR count). The predicted octanol–water partition coefficient (Wildman–Crippen LogP) is 2.12. The Morgan fingerprint density at radius 3 is 2.92 bits per heavy atom. The largest absolute Gasteiger partial charge is 0.496 e. The molecule has 0 aliphatic heterocycles. The Labute approximate surface area is 145 Å². The van der Waals surface area contributed by atoms with E-state index in [9.17, 15) is 9.90 Å². The SMILES string of the molecule is COc1ccc(Cl)cc1C=CC(=O)NCC(C)(O)c1cnn(C)c1. The topological polar surface area (TPSA) is 76.4 Å². The molecule has 0 aliphatic carbocycles. The molecule has 0 aliphatic rings. The zero-order chi connectivity index (χ0) is 17.7. The fourth-order valence-corrected chi connectivity index (χ4v) is 2.30. The Bertz CT molecular complexity index is 753. The van der Waals surface area contributed by atoms with E-state index in [1.165, 1.54) is 6.08 Å². The molecule has 1 unspecified atom stereocenters. The molecule has 1 heterocycles. The van der Waals surface area contributed by atoms with Crippen molar-refractivity contribution in [1.82, 2.24) is 15.1 Å². The van der Waals surface area contributed by atoms with E-state index in [4.69, 9.17) is 16.3 Å². The molecule has 0 bridgehead atoms. The third-order valence-electron chi connectivity index (χ3n) is 3.54. The van der Waals surface area contributed by atoms with Crippen LogP contribution in [0.1, 0.15) is 18.1 Å². The van der Waals surface area contributed by atoms with Crippen LogP contribution in [0.4, 0.5) is 0 Å². The maximum Gasteiger partial charge on any atom is 0.244 e. The van der Waals surface area contributed by atoms with Crippen molar-refractivity contribution in [2.45, 2.75) is 12.5 Å². The lowest BCUT2D eigenvalue weighted by molar-refractivity contribution is -0.117. The number of amides is 1. The average molecular weight is 350 g/mol. The quantitative estimate of drug-likeness (QED) is 0.783. The zero-order valence-corrected chi connectivity index (χ0v) is 14.5. The van der Waals surface area contributed by atoms with Crippen LogP contribution in [0.3, 0.4) is 0 Å². The van der Waals surface area contributed by atoms with E-state index < -0.39 is 5.60 Å². The van der Waals surface area contributed by atoms with Gasteiger partial charge in [0, 0.05) is 35.5 Å². The Morgan fingerprint density at radius 2 is 2.29 bits per heavy atom. The van der Waals surface area contributed by atoms with Crippen LogP contribution < -0.4 is 10.1 Å². The number of methoxy groups -OCH3 is 1. The number of nitrogens with one attached hydrogen (secondary N) is 1. The minimum absolute atomic E-state index is 0.0640. The van der Waals surface area contributed by atoms with Gasteiger partial charge in [0.05, 0.1) is 19.9 Å². The van der Waals surface area contributed by atoms with Crippen molar-refractivity contribution in [1.29, 1.82) is 0 Å². The van der Waals surface area contributed by atoms with Gasteiger partial charge in [-0.1, -0.05) is 11.6 Å². The van der Waals surface area contributed by atoms with Crippen LogP contribution in [0.15, 0.2) is 36.7 Å². The normalized spacial score (nSPS) is 13.7. The lowest BCUT2D eigenvalue weighted by Gasteiger charge is -2.21. The smallest absolute Gasteiger partial charge is 0.244 e. The summed E-state index contributed by atoms with van der Waals surface area (Å²) in [4.78, 5) is 12.0. The fourth-order valence-electron chi connectivity index (χ4n) is 2.12. The summed E-state index contributed by atoms with van der Waals surface area (Å²) >= 11 is 5.95. The second-order valence-electron chi connectivity index (χ2n) is 5.61. The maximum absolute atomic E-state index is 12.0. The molecule has 0 spiro atoms. The lowest BCUT2D eigenvalue weighted by Crippen LogP contribution is -2.37. The molecule has 0 saturated heterocycles. The summed E-state index contributed by atoms with van der Waals surface area (Å²) in [6.07, 6.45) is 6.25. The van der Waals surface area contributed by atoms with Crippen LogP contribution >= 0.6 is 11.6 Å². The fraction of sp³-hybridized carbons (Fsp3) is 0.294. The van der Waals surface area contributed by atoms with E-state index in [1.54, 1.807) is 62.4 Å². The highest BCUT2D eigenvalue weighted by Gasteiger charge is 2.24. The number of hydrogen-bond acceptors (Lipinski definition) is 4. The third kappa shape index (κ3) is 4.59. The molecular formula is C17H20ClN3O3. The van der Waals surface area contributed by atoms with E-state index in [0.717, 1.165) is 0 Å². The molecule has 1 aromatic heterocycles. The van der Waals surface area contributed by atoms with Crippen molar-refractivity contribution < 1.29 is 14.6 Å². The summed E-state index contributed by atoms with van der Waals surface area (Å²) < 4.78 is 6.81. The number of carbonyl (C=O) groups excluding carboxylic acids is 1. The van der Waals surface area contributed by atoms with Crippen molar-refractivity contribution in [2.24, 2.45) is 7.05 Å². The van der Waals surface area contributed by atoms with Crippen LogP contribution in [0.5, 0.6) is 5.75 Å². The van der Waals surface area contributed by atoms with Crippen LogP contribution in [0.2, 0.25) is 5.02 Å². The predicted molar refractivity (Wildman–Crippen MR) is 92.8 cm³/mol. The lowest BCUT2D eigenvalue weighted by atomic mass is 10.00. The van der Waals surface area contributed by atoms with Crippen LogP contribution in [0, 0.1) is 0 Å². The first-order chi connectivity index (χ1) is 11.3. The molecule has 7 heteroatoms. The molecular weight excluding hydrogens is 330 g/mol. The molecule has 6 nitrogen and oxygen atoms in total. The van der Waals surface area contributed by atoms with Gasteiger partial charge in [-0.25, -0.2) is 0 Å². The highest BCUT2D eigenvalue weighted by atomic mass is 35.5. The average Bonchev–Trinajstić information content (AvgIpc) is 2.98. The third-order valence-corrected chi connectivity index (χ3v) is 3.77. The van der Waals surface area contributed by atoms with Crippen molar-refractivity contribution in [2.75, 3.05) is 13.7 Å². The van der Waals surface area contributed by atoms with E-state index in [0.29, 0.717) is 21.9 Å². The van der Waals surface area contributed by atoms with Crippen molar-refractivity contribution >= 4 is 23.6 Å². The Morgan fingerprint density at radius 1 is 1.54 bits per heavy atom. The molecule has 128 valence electrons. The summed E-state index contributed by atoms with van der Waals surface area (Å²) in [5, 5.41) is 17.7. The van der Waals surface area contributed by atoms with Crippen LogP contribution in [-0.4, -0.2) is 34.4 Å². The second kappa shape index (κ2) is 7.51. The molecule has 2 aromatic rings. The van der Waals surface area contributed by atoms with Gasteiger partial charge in [-0.05, 0) is 31.2 Å². The number of aromatic nitrogens is 2. The number of hydrogen-bond donors (Lipinski definition) is 2. The van der Waals surface area contributed by atoms with Crippen LogP contribution in [0.25, 0.3) is 6.08 Å². The van der Waals surface area contributed by atoms with E-state index in [-0.39, 0.29) is 12.5 Å². The number of benzene rings is 1. The van der Waals surface area contributed by atoms with Crippen molar-refractivity contribution in [3.63, 3.8) is 0 Å². The minimum Gasteiger partial charge on any atom is -0.496 e. The number of halogens is 1. The van der Waals surface area contributed by atoms with Gasteiger partial charge in [0.1, 0.15) is 11.4 Å². The number of rotatable bonds is 6. The highest BCUT2D eigenvalue weighted by molar-refractivity contribution is 6.30. The minimum atomic E-state index is -1.20. The standard InChI is InChI=1S/C17H20ClN3O3/c1-17(23,13-9-20-21(2)10-13)11-19-16(22)7-4-12-8-14(18)5-6-15(12)24-3/h4-10,23H,11H2,1-3H3,(H,19,22). The van der Waals surface area contributed by atoms with Gasteiger partial charge in [-0.15, -0.1) is 0 Å². The molecule has 1 atom stereocenters. The molecule has 0 saturated carbocycles. The first-order valence-corrected chi connectivity index (χ1v) is 7.70. The van der Waals surface area contributed by atoms with Gasteiger partial charge in [-0.2, -0.15) is 5.10 Å². The van der Waals surface area contributed by atoms with E-state index in [1.807, 2.05) is 0 Å². The molecule has 0 fully saturated rings. The Kier molecular flexibility index (Phi) is 5.64. The van der Waals surface area contributed by atoms with Gasteiger partial charge < -0.3 is 15.2 Å². The first kappa shape index (κ1) is 18.0. The van der Waals surface area contributed by atoms with Crippen molar-refractivity contribution in [3.05, 3.63) is 52.8 Å². The van der Waals surface area contributed by atoms with Crippen LogP contribution in [-0.2, 0) is 17.4 Å². The Hall–Kier alpha value is -2.31. The van der Waals surface area contributed by atoms with E-state index >= 15 is 0 Å². The molecule has 2 N–H and O–H groups in total. The summed E-state index contributed by atoms with van der Waals surface area (Å²) in [6, 6.07) is 5.14. The molecule has 1 amide bonds. The second-order valence-corrected chi connectivity index (χ2v) is 6.05. The first-order valence-electron chi connectivity index (χ1n) is 7.33. The number of aryl methyl sites for hydroxylation is 1. The molecule has 1 aromatic carbocycles. The highest BCUT2D eigenvalue weighted by Crippen LogP contribution is 2.23. The van der Waals surface area contributed by atoms with E-state index in [2.05, 4.69) is 10.4 Å². The van der Waals surface area contributed by atoms with Gasteiger partial charge in [0.2, 0.25) is 5.91 Å². The summed E-state index contributed by atoms with van der Waals surface area (Å²) in [6.45, 7) is 1.68.